The molecule has 0 bridgehead atoms. The van der Waals surface area contributed by atoms with Gasteiger partial charge < -0.3 is 4.74 Å². The molecule has 2 heterocycles. The van der Waals surface area contributed by atoms with E-state index in [1.54, 1.807) is 12.1 Å². The number of carbonyl (C=O) groups excluding carboxylic acids is 1. The Bertz CT molecular complexity index is 1950. The average Bonchev–Trinajstić information content (AvgIpc) is 3.54. The summed E-state index contributed by atoms with van der Waals surface area (Å²) in [6.45, 7) is 1.35. The molecule has 1 aliphatic rings. The summed E-state index contributed by atoms with van der Waals surface area (Å²) < 4.78 is 74.4. The monoisotopic (exact) mass is 619 g/mol. The standard InChI is InChI=1S/C27H21ClF3N5O5S/c1-14(24(37)34-23-10-27(23,30)31)12-36-13-33-20-5-3-15(7-18(20)26(36)38)16-8-21(25(41-2)32-11-16)35-42(39,40)22-6-4-17(29)9-19(22)28/h3-9,11,13-14,35H,10,12H2,1-2H3/t14-/m1/s1. The molecule has 0 saturated heterocycles. The molecule has 4 aromatic rings. The molecule has 1 N–H and O–H groups in total. The van der Waals surface area contributed by atoms with Crippen LogP contribution in [0.4, 0.5) is 18.9 Å². The van der Waals surface area contributed by atoms with E-state index in [1.165, 1.54) is 43.3 Å². The van der Waals surface area contributed by atoms with Gasteiger partial charge in [0.1, 0.15) is 16.4 Å². The lowest BCUT2D eigenvalue weighted by Crippen LogP contribution is -2.26. The fourth-order valence-electron chi connectivity index (χ4n) is 4.11. The van der Waals surface area contributed by atoms with Crippen LogP contribution in [0.25, 0.3) is 22.0 Å². The predicted octanol–water partition coefficient (Wildman–Crippen LogP) is 4.70. The first-order chi connectivity index (χ1) is 19.8. The maximum atomic E-state index is 13.5. The van der Waals surface area contributed by atoms with Crippen LogP contribution in [0.5, 0.6) is 5.88 Å². The minimum Gasteiger partial charge on any atom is -0.480 e. The number of anilines is 1. The number of halogens is 4. The largest absolute Gasteiger partial charge is 0.480 e. The lowest BCUT2D eigenvalue weighted by atomic mass is 10.0. The summed E-state index contributed by atoms with van der Waals surface area (Å²) in [5.74, 6) is -5.43. The molecule has 42 heavy (non-hydrogen) atoms. The third kappa shape index (κ3) is 5.85. The predicted molar refractivity (Wildman–Crippen MR) is 149 cm³/mol. The Kier molecular flexibility index (Phi) is 7.53. The molecule has 2 aromatic heterocycles. The Morgan fingerprint density at radius 1 is 1.19 bits per heavy atom. The second-order valence-electron chi connectivity index (χ2n) is 9.57. The van der Waals surface area contributed by atoms with Gasteiger partial charge in [-0.15, -0.1) is 0 Å². The van der Waals surface area contributed by atoms with Crippen LogP contribution in [0, 0.1) is 11.7 Å². The number of benzene rings is 2. The number of carbonyl (C=O) groups is 1. The number of pyridine rings is 1. The van der Waals surface area contributed by atoms with Crippen molar-refractivity contribution >= 4 is 49.8 Å². The summed E-state index contributed by atoms with van der Waals surface area (Å²) in [5.41, 5.74) is 0.225. The van der Waals surface area contributed by atoms with Gasteiger partial charge in [0.05, 0.1) is 47.4 Å². The number of fused-ring (bicyclic) bond motifs is 1. The average molecular weight is 620 g/mol. The summed E-state index contributed by atoms with van der Waals surface area (Å²) in [6, 6.07) is 9.04. The molecular weight excluding hydrogens is 599 g/mol. The Morgan fingerprint density at radius 3 is 2.60 bits per heavy atom. The Hall–Kier alpha value is -4.30. The van der Waals surface area contributed by atoms with Gasteiger partial charge in [-0.25, -0.2) is 27.8 Å². The van der Waals surface area contributed by atoms with Crippen molar-refractivity contribution in [1.82, 2.24) is 14.5 Å². The molecule has 1 atom stereocenters. The van der Waals surface area contributed by atoms with E-state index in [-0.39, 0.29) is 33.4 Å². The number of methoxy groups -OCH3 is 1. The molecule has 1 amide bonds. The van der Waals surface area contributed by atoms with Crippen molar-refractivity contribution in [2.24, 2.45) is 10.9 Å². The van der Waals surface area contributed by atoms with Gasteiger partial charge in [-0.3, -0.25) is 18.9 Å². The normalized spacial score (nSPS) is 15.9. The number of ether oxygens (including phenoxy) is 1. The SMILES string of the molecule is COc1ncc(-c2ccc3ncn(C[C@@H](C)C(=O)N=C4CC4(F)F)c(=O)c3c2)cc1NS(=O)(=O)c1ccc(F)cc1Cl. The zero-order chi connectivity index (χ0) is 30.4. The van der Waals surface area contributed by atoms with E-state index in [0.717, 1.165) is 18.2 Å². The molecule has 0 aliphatic heterocycles. The Morgan fingerprint density at radius 2 is 1.93 bits per heavy atom. The van der Waals surface area contributed by atoms with E-state index in [1.807, 2.05) is 0 Å². The summed E-state index contributed by atoms with van der Waals surface area (Å²) in [6.07, 6.45) is 2.12. The molecule has 15 heteroatoms. The van der Waals surface area contributed by atoms with Crippen LogP contribution < -0.4 is 15.0 Å². The van der Waals surface area contributed by atoms with Gasteiger partial charge in [0.2, 0.25) is 11.8 Å². The highest BCUT2D eigenvalue weighted by Crippen LogP contribution is 2.38. The number of rotatable bonds is 8. The second-order valence-corrected chi connectivity index (χ2v) is 11.6. The van der Waals surface area contributed by atoms with Crippen molar-refractivity contribution in [2.45, 2.75) is 30.7 Å². The first-order valence-electron chi connectivity index (χ1n) is 12.3. The Balaban J connectivity index is 1.46. The van der Waals surface area contributed by atoms with Gasteiger partial charge in [0.15, 0.2) is 0 Å². The number of hydrogen-bond donors (Lipinski definition) is 1. The first-order valence-corrected chi connectivity index (χ1v) is 14.2. The quantitative estimate of drug-likeness (QED) is 0.302. The molecule has 1 saturated carbocycles. The zero-order valence-electron chi connectivity index (χ0n) is 21.9. The van der Waals surface area contributed by atoms with Crippen LogP contribution in [0.15, 0.2) is 69.7 Å². The number of nitrogens with one attached hydrogen (secondary N) is 1. The molecule has 1 fully saturated rings. The van der Waals surface area contributed by atoms with Crippen LogP contribution in [0.1, 0.15) is 13.3 Å². The highest BCUT2D eigenvalue weighted by Gasteiger charge is 2.54. The number of aliphatic imine (C=N–C) groups is 1. The van der Waals surface area contributed by atoms with Crippen LogP contribution in [0.3, 0.4) is 0 Å². The molecular formula is C27H21ClF3N5O5S. The smallest absolute Gasteiger partial charge is 0.291 e. The maximum absolute atomic E-state index is 13.5. The minimum absolute atomic E-state index is 0.0470. The number of aromatic nitrogens is 3. The highest BCUT2D eigenvalue weighted by molar-refractivity contribution is 7.92. The third-order valence-electron chi connectivity index (χ3n) is 6.45. The van der Waals surface area contributed by atoms with Crippen LogP contribution in [-0.2, 0) is 21.4 Å². The molecule has 0 spiro atoms. The van der Waals surface area contributed by atoms with Crippen molar-refractivity contribution in [3.63, 3.8) is 0 Å². The number of nitrogens with zero attached hydrogens (tertiary/aromatic N) is 4. The Labute approximate surface area is 241 Å². The molecule has 0 unspecified atom stereocenters. The van der Waals surface area contributed by atoms with Crippen LogP contribution >= 0.6 is 11.6 Å². The van der Waals surface area contributed by atoms with Gasteiger partial charge in [-0.05, 0) is 42.0 Å². The summed E-state index contributed by atoms with van der Waals surface area (Å²) in [5, 5.41) is -0.136. The van der Waals surface area contributed by atoms with E-state index in [4.69, 9.17) is 16.3 Å². The van der Waals surface area contributed by atoms with E-state index in [9.17, 15) is 31.2 Å². The summed E-state index contributed by atoms with van der Waals surface area (Å²) in [4.78, 5) is 37.0. The van der Waals surface area contributed by atoms with Crippen molar-refractivity contribution < 1.29 is 31.1 Å². The summed E-state index contributed by atoms with van der Waals surface area (Å²) >= 11 is 5.95. The highest BCUT2D eigenvalue weighted by atomic mass is 35.5. The van der Waals surface area contributed by atoms with Crippen molar-refractivity contribution in [3.8, 4) is 17.0 Å². The number of alkyl halides is 2. The van der Waals surface area contributed by atoms with Gasteiger partial charge >= 0.3 is 0 Å². The van der Waals surface area contributed by atoms with Crippen molar-refractivity contribution in [2.75, 3.05) is 11.8 Å². The lowest BCUT2D eigenvalue weighted by molar-refractivity contribution is -0.121. The van der Waals surface area contributed by atoms with Gasteiger partial charge in [0.25, 0.3) is 21.5 Å². The van der Waals surface area contributed by atoms with E-state index >= 15 is 0 Å². The van der Waals surface area contributed by atoms with E-state index in [0.29, 0.717) is 16.6 Å². The van der Waals surface area contributed by atoms with Gasteiger partial charge in [-0.2, -0.15) is 8.78 Å². The number of hydrogen-bond acceptors (Lipinski definition) is 7. The summed E-state index contributed by atoms with van der Waals surface area (Å²) in [7, 11) is -2.98. The van der Waals surface area contributed by atoms with Gasteiger partial charge in [-0.1, -0.05) is 24.6 Å². The topological polar surface area (TPSA) is 133 Å². The van der Waals surface area contributed by atoms with Crippen molar-refractivity contribution in [1.29, 1.82) is 0 Å². The second kappa shape index (κ2) is 10.8. The molecule has 5 rings (SSSR count). The third-order valence-corrected chi connectivity index (χ3v) is 8.30. The minimum atomic E-state index is -4.28. The lowest BCUT2D eigenvalue weighted by Gasteiger charge is -2.14. The zero-order valence-corrected chi connectivity index (χ0v) is 23.5. The molecule has 2 aromatic carbocycles. The van der Waals surface area contributed by atoms with Crippen LogP contribution in [0.2, 0.25) is 5.02 Å². The van der Waals surface area contributed by atoms with E-state index in [2.05, 4.69) is 19.7 Å². The van der Waals surface area contributed by atoms with Crippen molar-refractivity contribution in [3.05, 3.63) is 76.2 Å². The number of amides is 1. The first kappa shape index (κ1) is 29.2. The van der Waals surface area contributed by atoms with Gasteiger partial charge in [0, 0.05) is 18.3 Å². The molecule has 1 aliphatic carbocycles. The molecule has 0 radical (unpaired) electrons. The van der Waals surface area contributed by atoms with Crippen LogP contribution in [-0.4, -0.2) is 47.6 Å². The number of sulfonamides is 1. The molecule has 218 valence electrons. The fraction of sp³-hybridized carbons (Fsp3) is 0.222. The maximum Gasteiger partial charge on any atom is 0.291 e. The van der Waals surface area contributed by atoms with E-state index < -0.39 is 51.3 Å². The fourth-order valence-corrected chi connectivity index (χ4v) is 5.69. The molecule has 10 nitrogen and oxygen atoms in total.